The number of rotatable bonds is 4. The number of fused-ring (bicyclic) bond motifs is 1. The van der Waals surface area contributed by atoms with Gasteiger partial charge in [0.2, 0.25) is 11.8 Å². The lowest BCUT2D eigenvalue weighted by Gasteiger charge is -2.47. The van der Waals surface area contributed by atoms with E-state index in [1.165, 1.54) is 0 Å². The predicted octanol–water partition coefficient (Wildman–Crippen LogP) is 0.436. The number of amides is 2. The summed E-state index contributed by atoms with van der Waals surface area (Å²) in [6, 6.07) is 7.64. The maximum atomic E-state index is 12.8. The fraction of sp³-hybridized carbons (Fsp3) is 0.600. The molecule has 27 heavy (non-hydrogen) atoms. The minimum absolute atomic E-state index is 0.0549. The maximum absolute atomic E-state index is 12.8. The van der Waals surface area contributed by atoms with E-state index in [1.807, 2.05) is 24.3 Å². The highest BCUT2D eigenvalue weighted by Gasteiger charge is 2.77. The summed E-state index contributed by atoms with van der Waals surface area (Å²) in [5.41, 5.74) is 5.20. The minimum atomic E-state index is -0.580. The van der Waals surface area contributed by atoms with E-state index >= 15 is 0 Å². The highest BCUT2D eigenvalue weighted by molar-refractivity contribution is 5.87. The normalized spacial score (nSPS) is 35.2. The lowest BCUT2D eigenvalue weighted by molar-refractivity contribution is -0.137. The van der Waals surface area contributed by atoms with E-state index in [9.17, 15) is 9.59 Å². The molecular weight excluding hydrogens is 346 g/mol. The number of primary amides is 1. The van der Waals surface area contributed by atoms with Crippen LogP contribution < -0.4 is 21.1 Å². The number of benzene rings is 1. The molecule has 3 saturated heterocycles. The first-order chi connectivity index (χ1) is 13.0. The van der Waals surface area contributed by atoms with Gasteiger partial charge in [-0.25, -0.2) is 0 Å². The summed E-state index contributed by atoms with van der Waals surface area (Å²) in [4.78, 5) is 25.0. The fourth-order valence-electron chi connectivity index (χ4n) is 5.68. The molecule has 4 N–H and O–H groups in total. The summed E-state index contributed by atoms with van der Waals surface area (Å²) in [6.45, 7) is 2.43. The molecule has 4 fully saturated rings. The molecule has 0 radical (unpaired) electrons. The highest BCUT2D eigenvalue weighted by atomic mass is 16.5. The second-order valence-corrected chi connectivity index (χ2v) is 8.45. The molecule has 4 aliphatic heterocycles. The van der Waals surface area contributed by atoms with Gasteiger partial charge >= 0.3 is 0 Å². The Balaban J connectivity index is 1.29. The summed E-state index contributed by atoms with van der Waals surface area (Å²) in [6.07, 6.45) is 2.78. The summed E-state index contributed by atoms with van der Waals surface area (Å²) in [7, 11) is 0. The standard InChI is InChI=1S/C20H25N3O4/c21-17(25)19-10-18(11-19,27-20(19)5-7-22-8-6-20)12-23-16(24)14-9-26-15-4-2-1-3-13(14)15/h1-4,14,22H,5-12H2,(H2,21,25)(H,23,24). The third-order valence-corrected chi connectivity index (χ3v) is 7.02. The molecule has 5 aliphatic rings. The van der Waals surface area contributed by atoms with Gasteiger partial charge in [-0.05, 0) is 44.8 Å². The highest BCUT2D eigenvalue weighted by Crippen LogP contribution is 2.68. The molecule has 6 rings (SSSR count). The second-order valence-electron chi connectivity index (χ2n) is 8.45. The van der Waals surface area contributed by atoms with Crippen LogP contribution in [-0.4, -0.2) is 49.3 Å². The number of carbonyl (C=O) groups is 2. The molecule has 1 aliphatic carbocycles. The number of carbonyl (C=O) groups excluding carboxylic acids is 2. The topological polar surface area (TPSA) is 103 Å². The summed E-state index contributed by atoms with van der Waals surface area (Å²) in [5.74, 6) is 0.161. The van der Waals surface area contributed by atoms with Crippen LogP contribution in [-0.2, 0) is 14.3 Å². The van der Waals surface area contributed by atoms with Crippen LogP contribution in [0.2, 0.25) is 0 Å². The van der Waals surface area contributed by atoms with Crippen LogP contribution in [0.4, 0.5) is 0 Å². The zero-order chi connectivity index (χ0) is 18.7. The first-order valence-corrected chi connectivity index (χ1v) is 9.70. The van der Waals surface area contributed by atoms with Gasteiger partial charge in [0, 0.05) is 12.1 Å². The van der Waals surface area contributed by atoms with E-state index in [4.69, 9.17) is 15.2 Å². The molecule has 1 aromatic carbocycles. The van der Waals surface area contributed by atoms with Gasteiger partial charge < -0.3 is 25.8 Å². The quantitative estimate of drug-likeness (QED) is 0.713. The molecule has 4 heterocycles. The molecule has 2 amide bonds. The van der Waals surface area contributed by atoms with E-state index in [0.29, 0.717) is 26.0 Å². The van der Waals surface area contributed by atoms with Crippen molar-refractivity contribution >= 4 is 11.8 Å². The van der Waals surface area contributed by atoms with Crippen molar-refractivity contribution in [3.05, 3.63) is 29.8 Å². The Hall–Kier alpha value is -2.12. The van der Waals surface area contributed by atoms with Crippen molar-refractivity contribution in [1.82, 2.24) is 10.6 Å². The number of hydrogen-bond acceptors (Lipinski definition) is 5. The SMILES string of the molecule is NC(=O)C12CC(CNC(=O)C3COc4ccccc43)(C1)OC21CCNCC1. The number of para-hydroxylation sites is 1. The van der Waals surface area contributed by atoms with Gasteiger partial charge in [-0.3, -0.25) is 9.59 Å². The molecule has 1 unspecified atom stereocenters. The number of nitrogens with one attached hydrogen (secondary N) is 2. The average Bonchev–Trinajstić information content (AvgIpc) is 3.26. The maximum Gasteiger partial charge on any atom is 0.231 e. The molecule has 7 nitrogen and oxygen atoms in total. The lowest BCUT2D eigenvalue weighted by Crippen LogP contribution is -2.61. The molecule has 1 saturated carbocycles. The van der Waals surface area contributed by atoms with Crippen LogP contribution in [0.3, 0.4) is 0 Å². The van der Waals surface area contributed by atoms with Gasteiger partial charge in [0.1, 0.15) is 18.3 Å². The Bertz CT molecular complexity index is 796. The van der Waals surface area contributed by atoms with Crippen molar-refractivity contribution in [2.75, 3.05) is 26.2 Å². The first kappa shape index (κ1) is 17.0. The smallest absolute Gasteiger partial charge is 0.231 e. The lowest BCUT2D eigenvalue weighted by atomic mass is 9.53. The van der Waals surface area contributed by atoms with Gasteiger partial charge in [0.15, 0.2) is 0 Å². The van der Waals surface area contributed by atoms with E-state index in [2.05, 4.69) is 10.6 Å². The van der Waals surface area contributed by atoms with Crippen LogP contribution >= 0.6 is 0 Å². The van der Waals surface area contributed by atoms with Gasteiger partial charge in [-0.15, -0.1) is 0 Å². The zero-order valence-corrected chi connectivity index (χ0v) is 15.3. The molecular formula is C20H25N3O4. The molecule has 0 aromatic heterocycles. The van der Waals surface area contributed by atoms with Crippen molar-refractivity contribution in [2.45, 2.75) is 42.8 Å². The van der Waals surface area contributed by atoms with Crippen LogP contribution in [0.5, 0.6) is 5.75 Å². The molecule has 144 valence electrons. The fourth-order valence-corrected chi connectivity index (χ4v) is 5.68. The molecule has 7 heteroatoms. The van der Waals surface area contributed by atoms with Crippen molar-refractivity contribution in [3.8, 4) is 5.75 Å². The monoisotopic (exact) mass is 371 g/mol. The number of nitrogens with two attached hydrogens (primary N) is 1. The largest absolute Gasteiger partial charge is 0.492 e. The minimum Gasteiger partial charge on any atom is -0.492 e. The first-order valence-electron chi connectivity index (χ1n) is 9.70. The Morgan fingerprint density at radius 3 is 2.70 bits per heavy atom. The number of ether oxygens (including phenoxy) is 2. The van der Waals surface area contributed by atoms with Crippen molar-refractivity contribution in [1.29, 1.82) is 0 Å². The van der Waals surface area contributed by atoms with E-state index < -0.39 is 16.6 Å². The summed E-state index contributed by atoms with van der Waals surface area (Å²) in [5, 5.41) is 6.38. The Morgan fingerprint density at radius 2 is 1.96 bits per heavy atom. The van der Waals surface area contributed by atoms with Crippen LogP contribution in [0.1, 0.15) is 37.2 Å². The third-order valence-electron chi connectivity index (χ3n) is 7.02. The van der Waals surface area contributed by atoms with Crippen LogP contribution in [0.15, 0.2) is 24.3 Å². The second kappa shape index (κ2) is 5.69. The van der Waals surface area contributed by atoms with Crippen molar-refractivity contribution in [2.24, 2.45) is 11.1 Å². The Labute approximate surface area is 158 Å². The molecule has 1 atom stereocenters. The molecule has 2 bridgehead atoms. The zero-order valence-electron chi connectivity index (χ0n) is 15.3. The van der Waals surface area contributed by atoms with E-state index in [1.54, 1.807) is 0 Å². The molecule has 1 spiro atoms. The van der Waals surface area contributed by atoms with Crippen LogP contribution in [0.25, 0.3) is 0 Å². The molecule has 1 aromatic rings. The average molecular weight is 371 g/mol. The van der Waals surface area contributed by atoms with Crippen LogP contribution in [0, 0.1) is 5.41 Å². The Kier molecular flexibility index (Phi) is 3.58. The number of piperidine rings is 1. The summed E-state index contributed by atoms with van der Waals surface area (Å²) < 4.78 is 12.1. The van der Waals surface area contributed by atoms with Gasteiger partial charge in [0.25, 0.3) is 0 Å². The van der Waals surface area contributed by atoms with Crippen molar-refractivity contribution < 1.29 is 19.1 Å². The Morgan fingerprint density at radius 1 is 1.22 bits per heavy atom. The van der Waals surface area contributed by atoms with E-state index in [-0.39, 0.29) is 17.7 Å². The van der Waals surface area contributed by atoms with Gasteiger partial charge in [0.05, 0.1) is 16.6 Å². The summed E-state index contributed by atoms with van der Waals surface area (Å²) >= 11 is 0. The van der Waals surface area contributed by atoms with Gasteiger partial charge in [-0.2, -0.15) is 0 Å². The van der Waals surface area contributed by atoms with Gasteiger partial charge in [-0.1, -0.05) is 18.2 Å². The number of hydrogen-bond donors (Lipinski definition) is 3. The predicted molar refractivity (Wildman–Crippen MR) is 97.2 cm³/mol. The van der Waals surface area contributed by atoms with Crippen molar-refractivity contribution in [3.63, 3.8) is 0 Å². The van der Waals surface area contributed by atoms with E-state index in [0.717, 1.165) is 37.2 Å². The third kappa shape index (κ3) is 2.28.